The third-order valence-electron chi connectivity index (χ3n) is 6.42. The molecule has 1 fully saturated rings. The van der Waals surface area contributed by atoms with Crippen molar-refractivity contribution in [3.8, 4) is 0 Å². The molecule has 1 saturated heterocycles. The van der Waals surface area contributed by atoms with Crippen LogP contribution in [0.25, 0.3) is 10.9 Å². The number of primary amides is 1. The largest absolute Gasteiger partial charge is 0.494 e. The van der Waals surface area contributed by atoms with Gasteiger partial charge < -0.3 is 20.4 Å². The van der Waals surface area contributed by atoms with E-state index >= 15 is 0 Å². The lowest BCUT2D eigenvalue weighted by molar-refractivity contribution is -0.119. The Hall–Kier alpha value is -3.23. The van der Waals surface area contributed by atoms with E-state index in [2.05, 4.69) is 10.3 Å². The Bertz CT molecular complexity index is 1180. The molecule has 1 aliphatic heterocycles. The normalized spacial score (nSPS) is 17.6. The summed E-state index contributed by atoms with van der Waals surface area (Å²) in [6, 6.07) is 17.7. The van der Waals surface area contributed by atoms with Crippen LogP contribution in [0.15, 0.2) is 60.7 Å². The van der Waals surface area contributed by atoms with Gasteiger partial charge in [-0.2, -0.15) is 0 Å². The summed E-state index contributed by atoms with van der Waals surface area (Å²) in [5, 5.41) is 3.64. The second-order valence-electron chi connectivity index (χ2n) is 9.35. The zero-order chi connectivity index (χ0) is 23.8. The number of nitrogens with zero attached hydrogens (tertiary/aromatic N) is 1. The van der Waals surface area contributed by atoms with Gasteiger partial charge in [-0.25, -0.2) is 4.98 Å². The molecule has 1 aliphatic rings. The maximum atomic E-state index is 12.7. The minimum Gasteiger partial charge on any atom is -0.399 e. The van der Waals surface area contributed by atoms with Crippen LogP contribution in [-0.4, -0.2) is 41.2 Å². The molecule has 0 saturated carbocycles. The van der Waals surface area contributed by atoms with Crippen LogP contribution in [0, 0.1) is 0 Å². The van der Waals surface area contributed by atoms with E-state index in [0.29, 0.717) is 5.52 Å². The third kappa shape index (κ3) is 4.77. The molecule has 0 bridgehead atoms. The first kappa shape index (κ1) is 23.0. The Morgan fingerprint density at radius 2 is 1.61 bits per heavy atom. The molecule has 3 N–H and O–H groups in total. The lowest BCUT2D eigenvalue weighted by atomic mass is 9.78. The van der Waals surface area contributed by atoms with Crippen LogP contribution in [0.2, 0.25) is 0 Å². The fourth-order valence-corrected chi connectivity index (χ4v) is 3.67. The molecule has 7 nitrogen and oxygen atoms in total. The van der Waals surface area contributed by atoms with Crippen LogP contribution >= 0.6 is 0 Å². The van der Waals surface area contributed by atoms with Crippen LogP contribution in [0.4, 0.5) is 0 Å². The fraction of sp³-hybridized carbons (Fsp3) is 0.320. The number of pyridine rings is 1. The average Bonchev–Trinajstić information content (AvgIpc) is 3.00. The number of nitrogens with one attached hydrogen (secondary N) is 1. The first-order chi connectivity index (χ1) is 15.6. The lowest BCUT2D eigenvalue weighted by Gasteiger charge is -2.32. The van der Waals surface area contributed by atoms with E-state index in [1.165, 1.54) is 0 Å². The maximum absolute atomic E-state index is 12.7. The molecule has 2 aromatic carbocycles. The van der Waals surface area contributed by atoms with Crippen molar-refractivity contribution in [2.75, 3.05) is 0 Å². The molecule has 1 atom stereocenters. The van der Waals surface area contributed by atoms with Gasteiger partial charge in [0.25, 0.3) is 5.91 Å². The number of aromatic nitrogens is 1. The van der Waals surface area contributed by atoms with Crippen molar-refractivity contribution in [2.45, 2.75) is 51.4 Å². The number of hydrogen-bond acceptors (Lipinski definition) is 5. The van der Waals surface area contributed by atoms with Crippen LogP contribution in [0.5, 0.6) is 0 Å². The molecule has 8 heteroatoms. The van der Waals surface area contributed by atoms with E-state index < -0.39 is 36.2 Å². The molecular weight excluding hydrogens is 417 g/mol. The van der Waals surface area contributed by atoms with Crippen LogP contribution < -0.4 is 16.5 Å². The van der Waals surface area contributed by atoms with Gasteiger partial charge in [-0.15, -0.1) is 0 Å². The number of carbonyl (C=O) groups is 2. The molecule has 0 spiro atoms. The van der Waals surface area contributed by atoms with Crippen LogP contribution in [0.3, 0.4) is 0 Å². The highest BCUT2D eigenvalue weighted by Crippen LogP contribution is 2.36. The van der Waals surface area contributed by atoms with Crippen LogP contribution in [-0.2, 0) is 20.5 Å². The smallest absolute Gasteiger partial charge is 0.399 e. The predicted octanol–water partition coefficient (Wildman–Crippen LogP) is 2.36. The van der Waals surface area contributed by atoms with Crippen LogP contribution in [0.1, 0.15) is 43.7 Å². The second-order valence-corrected chi connectivity index (χ2v) is 9.35. The molecule has 33 heavy (non-hydrogen) atoms. The molecule has 1 aromatic heterocycles. The summed E-state index contributed by atoms with van der Waals surface area (Å²) in [7, 11) is -0.463. The fourth-order valence-electron chi connectivity index (χ4n) is 3.67. The maximum Gasteiger partial charge on any atom is 0.494 e. The third-order valence-corrected chi connectivity index (χ3v) is 6.42. The Labute approximate surface area is 193 Å². The van der Waals surface area contributed by atoms with Gasteiger partial charge in [0.1, 0.15) is 11.7 Å². The highest BCUT2D eigenvalue weighted by Gasteiger charge is 2.51. The van der Waals surface area contributed by atoms with E-state index in [1.54, 1.807) is 6.07 Å². The van der Waals surface area contributed by atoms with E-state index in [4.69, 9.17) is 15.0 Å². The number of benzene rings is 2. The minimum absolute atomic E-state index is 0.232. The topological polar surface area (TPSA) is 104 Å². The number of fused-ring (bicyclic) bond motifs is 1. The first-order valence-corrected chi connectivity index (χ1v) is 11.0. The number of rotatable bonds is 6. The number of nitrogens with two attached hydrogens (primary N) is 1. The summed E-state index contributed by atoms with van der Waals surface area (Å²) in [5.74, 6) is -1.06. The van der Waals surface area contributed by atoms with E-state index in [1.807, 2.05) is 82.3 Å². The van der Waals surface area contributed by atoms with Gasteiger partial charge in [-0.1, -0.05) is 48.5 Å². The predicted molar refractivity (Wildman–Crippen MR) is 128 cm³/mol. The Morgan fingerprint density at radius 1 is 0.970 bits per heavy atom. The van der Waals surface area contributed by atoms with Gasteiger partial charge >= 0.3 is 7.12 Å². The van der Waals surface area contributed by atoms with Gasteiger partial charge in [-0.05, 0) is 50.9 Å². The number of hydrogen-bond donors (Lipinski definition) is 2. The van der Waals surface area contributed by atoms with Gasteiger partial charge in [0.05, 0.1) is 16.7 Å². The molecule has 0 radical (unpaired) electrons. The monoisotopic (exact) mass is 445 g/mol. The highest BCUT2D eigenvalue weighted by atomic mass is 16.7. The van der Waals surface area contributed by atoms with Crippen molar-refractivity contribution < 1.29 is 18.9 Å². The number of amides is 2. The summed E-state index contributed by atoms with van der Waals surface area (Å²) in [6.45, 7) is 8.02. The summed E-state index contributed by atoms with van der Waals surface area (Å²) in [4.78, 5) is 29.2. The minimum atomic E-state index is -0.867. The van der Waals surface area contributed by atoms with Gasteiger partial charge in [0.15, 0.2) is 0 Å². The zero-order valence-electron chi connectivity index (χ0n) is 19.3. The molecule has 3 aromatic rings. The van der Waals surface area contributed by atoms with Gasteiger partial charge in [0, 0.05) is 11.8 Å². The SMILES string of the molecule is CC1(C)OB(c2ccc(C[C@@H](NC(=O)c3ccc4ccccc4n3)C(N)=O)cc2)OC1(C)C. The molecule has 170 valence electrons. The van der Waals surface area contributed by atoms with Crippen molar-refractivity contribution >= 4 is 35.3 Å². The van der Waals surface area contributed by atoms with Crippen molar-refractivity contribution in [3.05, 3.63) is 71.9 Å². The Morgan fingerprint density at radius 3 is 2.24 bits per heavy atom. The first-order valence-electron chi connectivity index (χ1n) is 11.0. The molecule has 0 unspecified atom stereocenters. The molecular formula is C25H28BN3O4. The molecule has 4 rings (SSSR count). The van der Waals surface area contributed by atoms with Crippen molar-refractivity contribution in [2.24, 2.45) is 5.73 Å². The van der Waals surface area contributed by atoms with E-state index in [9.17, 15) is 9.59 Å². The summed E-state index contributed by atoms with van der Waals surface area (Å²) < 4.78 is 12.2. The molecule has 2 amide bonds. The Balaban J connectivity index is 1.44. The highest BCUT2D eigenvalue weighted by molar-refractivity contribution is 6.62. The average molecular weight is 445 g/mol. The molecule has 2 heterocycles. The number of para-hydroxylation sites is 1. The van der Waals surface area contributed by atoms with E-state index in [-0.39, 0.29) is 12.1 Å². The van der Waals surface area contributed by atoms with Crippen molar-refractivity contribution in [1.29, 1.82) is 0 Å². The lowest BCUT2D eigenvalue weighted by Crippen LogP contribution is -2.46. The van der Waals surface area contributed by atoms with Crippen molar-refractivity contribution in [1.82, 2.24) is 10.3 Å². The Kier molecular flexibility index (Phi) is 5.99. The summed E-state index contributed by atoms with van der Waals surface area (Å²) in [6.07, 6.45) is 0.262. The summed E-state index contributed by atoms with van der Waals surface area (Å²) >= 11 is 0. The standard InChI is InChI=1S/C25H28BN3O4/c1-24(2)25(3,4)33-26(32-24)18-12-9-16(10-13-18)15-21(22(27)30)29-23(31)20-14-11-17-7-5-6-8-19(17)28-20/h5-14,21H,15H2,1-4H3,(H2,27,30)(H,29,31)/t21-/m1/s1. The zero-order valence-corrected chi connectivity index (χ0v) is 19.3. The second kappa shape index (κ2) is 8.61. The van der Waals surface area contributed by atoms with E-state index in [0.717, 1.165) is 16.4 Å². The molecule has 0 aliphatic carbocycles. The quantitative estimate of drug-likeness (QED) is 0.567. The summed E-state index contributed by atoms with van der Waals surface area (Å²) in [5.41, 5.74) is 7.41. The van der Waals surface area contributed by atoms with Gasteiger partial charge in [-0.3, -0.25) is 9.59 Å². The van der Waals surface area contributed by atoms with Crippen molar-refractivity contribution in [3.63, 3.8) is 0 Å². The number of carbonyl (C=O) groups excluding carboxylic acids is 2. The van der Waals surface area contributed by atoms with Gasteiger partial charge in [0.2, 0.25) is 5.91 Å².